The zero-order valence-corrected chi connectivity index (χ0v) is 9.65. The van der Waals surface area contributed by atoms with E-state index in [1.54, 1.807) is 0 Å². The van der Waals surface area contributed by atoms with Crippen molar-refractivity contribution < 1.29 is 0 Å². The van der Waals surface area contributed by atoms with Crippen LogP contribution < -0.4 is 11.3 Å². The highest BCUT2D eigenvalue weighted by Gasteiger charge is 2.14. The number of hydrogen-bond donors (Lipinski definition) is 2. The molecule has 2 rings (SSSR count). The van der Waals surface area contributed by atoms with Gasteiger partial charge in [0.25, 0.3) is 0 Å². The largest absolute Gasteiger partial charge is 0.271 e. The van der Waals surface area contributed by atoms with Crippen LogP contribution in [0.1, 0.15) is 31.2 Å². The molecule has 2 heteroatoms. The molecule has 0 aromatic heterocycles. The second-order valence-corrected chi connectivity index (χ2v) is 4.43. The maximum atomic E-state index is 5.66. The van der Waals surface area contributed by atoms with Crippen molar-refractivity contribution >= 4 is 0 Å². The highest BCUT2D eigenvalue weighted by molar-refractivity contribution is 5.21. The fourth-order valence-corrected chi connectivity index (χ4v) is 2.33. The third-order valence-electron chi connectivity index (χ3n) is 3.26. The molecular formula is C14H20N2. The van der Waals surface area contributed by atoms with E-state index in [1.165, 1.54) is 36.8 Å². The molecule has 0 saturated heterocycles. The van der Waals surface area contributed by atoms with E-state index in [-0.39, 0.29) is 0 Å². The standard InChI is InChI=1S/C14H20N2/c15-16-14(13-9-5-2-6-10-13)11-12-7-3-1-4-8-12/h1,3-4,7-9,14,16H,2,5-6,10-11,15H2. The number of nitrogens with two attached hydrogens (primary N) is 1. The zero-order valence-electron chi connectivity index (χ0n) is 9.65. The minimum atomic E-state index is 0.308. The topological polar surface area (TPSA) is 38.0 Å². The van der Waals surface area contributed by atoms with Crippen LogP contribution in [0.5, 0.6) is 0 Å². The summed E-state index contributed by atoms with van der Waals surface area (Å²) in [7, 11) is 0. The minimum absolute atomic E-state index is 0.308. The van der Waals surface area contributed by atoms with Crippen LogP contribution in [0.4, 0.5) is 0 Å². The number of nitrogens with one attached hydrogen (secondary N) is 1. The highest BCUT2D eigenvalue weighted by Crippen LogP contribution is 2.22. The van der Waals surface area contributed by atoms with Crippen molar-refractivity contribution in [2.24, 2.45) is 5.84 Å². The average Bonchev–Trinajstić information content (AvgIpc) is 2.38. The Morgan fingerprint density at radius 3 is 2.62 bits per heavy atom. The Morgan fingerprint density at radius 1 is 1.19 bits per heavy atom. The molecule has 1 aliphatic rings. The summed E-state index contributed by atoms with van der Waals surface area (Å²) in [5.41, 5.74) is 5.78. The van der Waals surface area contributed by atoms with Crippen molar-refractivity contribution in [2.45, 2.75) is 38.1 Å². The molecule has 0 fully saturated rings. The smallest absolute Gasteiger partial charge is 0.0460 e. The molecule has 2 nitrogen and oxygen atoms in total. The first-order chi connectivity index (χ1) is 7.90. The molecule has 0 amide bonds. The molecule has 1 aliphatic carbocycles. The molecule has 1 aromatic carbocycles. The van der Waals surface area contributed by atoms with Gasteiger partial charge in [-0.05, 0) is 37.7 Å². The van der Waals surface area contributed by atoms with Crippen molar-refractivity contribution in [3.8, 4) is 0 Å². The lowest BCUT2D eigenvalue weighted by Crippen LogP contribution is -2.38. The van der Waals surface area contributed by atoms with Gasteiger partial charge in [0, 0.05) is 6.04 Å². The number of allylic oxidation sites excluding steroid dienone is 1. The van der Waals surface area contributed by atoms with Gasteiger partial charge < -0.3 is 0 Å². The first kappa shape index (κ1) is 11.4. The van der Waals surface area contributed by atoms with Gasteiger partial charge in [0.15, 0.2) is 0 Å². The van der Waals surface area contributed by atoms with Crippen LogP contribution >= 0.6 is 0 Å². The van der Waals surface area contributed by atoms with Crippen molar-refractivity contribution in [1.29, 1.82) is 0 Å². The van der Waals surface area contributed by atoms with Crippen molar-refractivity contribution in [3.63, 3.8) is 0 Å². The van der Waals surface area contributed by atoms with E-state index in [1.807, 2.05) is 6.07 Å². The van der Waals surface area contributed by atoms with Crippen molar-refractivity contribution in [3.05, 3.63) is 47.5 Å². The van der Waals surface area contributed by atoms with Gasteiger partial charge in [-0.3, -0.25) is 11.3 Å². The molecule has 1 unspecified atom stereocenters. The molecule has 16 heavy (non-hydrogen) atoms. The summed E-state index contributed by atoms with van der Waals surface area (Å²) in [6.45, 7) is 0. The molecule has 3 N–H and O–H groups in total. The summed E-state index contributed by atoms with van der Waals surface area (Å²) in [4.78, 5) is 0. The predicted molar refractivity (Wildman–Crippen MR) is 67.8 cm³/mol. The van der Waals surface area contributed by atoms with E-state index >= 15 is 0 Å². The van der Waals surface area contributed by atoms with E-state index < -0.39 is 0 Å². The summed E-state index contributed by atoms with van der Waals surface area (Å²) < 4.78 is 0. The Hall–Kier alpha value is -1.12. The molecule has 1 atom stereocenters. The highest BCUT2D eigenvalue weighted by atomic mass is 15.2. The van der Waals surface area contributed by atoms with Crippen LogP contribution in [0.25, 0.3) is 0 Å². The molecule has 86 valence electrons. The fourth-order valence-electron chi connectivity index (χ4n) is 2.33. The van der Waals surface area contributed by atoms with Crippen LogP contribution in [0.2, 0.25) is 0 Å². The number of hydrogen-bond acceptors (Lipinski definition) is 2. The van der Waals surface area contributed by atoms with Gasteiger partial charge in [-0.15, -0.1) is 0 Å². The predicted octanol–water partition coefficient (Wildman–Crippen LogP) is 2.56. The van der Waals surface area contributed by atoms with Gasteiger partial charge in [0.05, 0.1) is 0 Å². The van der Waals surface area contributed by atoms with Gasteiger partial charge in [-0.25, -0.2) is 0 Å². The summed E-state index contributed by atoms with van der Waals surface area (Å²) in [6, 6.07) is 10.8. The third kappa shape index (κ3) is 2.94. The summed E-state index contributed by atoms with van der Waals surface area (Å²) >= 11 is 0. The Morgan fingerprint density at radius 2 is 2.00 bits per heavy atom. The lowest BCUT2D eigenvalue weighted by atomic mass is 9.91. The summed E-state index contributed by atoms with van der Waals surface area (Å²) in [5, 5.41) is 0. The van der Waals surface area contributed by atoms with Crippen LogP contribution in [-0.2, 0) is 6.42 Å². The average molecular weight is 216 g/mol. The van der Waals surface area contributed by atoms with E-state index in [4.69, 9.17) is 5.84 Å². The monoisotopic (exact) mass is 216 g/mol. The Bertz CT molecular complexity index is 343. The Kier molecular flexibility index (Phi) is 4.14. The number of hydrazine groups is 1. The van der Waals surface area contributed by atoms with Gasteiger partial charge in [0.1, 0.15) is 0 Å². The normalized spacial score (nSPS) is 17.9. The van der Waals surface area contributed by atoms with Crippen LogP contribution in [0, 0.1) is 0 Å². The van der Waals surface area contributed by atoms with Gasteiger partial charge in [-0.2, -0.15) is 0 Å². The van der Waals surface area contributed by atoms with Gasteiger partial charge >= 0.3 is 0 Å². The molecule has 0 heterocycles. The summed E-state index contributed by atoms with van der Waals surface area (Å²) in [6.07, 6.45) is 8.38. The van der Waals surface area contributed by atoms with Crippen molar-refractivity contribution in [1.82, 2.24) is 5.43 Å². The molecular weight excluding hydrogens is 196 g/mol. The SMILES string of the molecule is NNC(Cc1ccccc1)C1=CCCCC1. The summed E-state index contributed by atoms with van der Waals surface area (Å²) in [5.74, 6) is 5.66. The quantitative estimate of drug-likeness (QED) is 0.461. The lowest BCUT2D eigenvalue weighted by Gasteiger charge is -2.22. The number of rotatable bonds is 4. The van der Waals surface area contributed by atoms with Gasteiger partial charge in [0.2, 0.25) is 0 Å². The van der Waals surface area contributed by atoms with E-state index in [2.05, 4.69) is 35.8 Å². The molecule has 0 radical (unpaired) electrons. The first-order valence-corrected chi connectivity index (χ1v) is 6.09. The first-order valence-electron chi connectivity index (χ1n) is 6.09. The minimum Gasteiger partial charge on any atom is -0.271 e. The Labute approximate surface area is 97.5 Å². The molecule has 0 spiro atoms. The lowest BCUT2D eigenvalue weighted by molar-refractivity contribution is 0.542. The molecule has 0 aliphatic heterocycles. The second kappa shape index (κ2) is 5.83. The third-order valence-corrected chi connectivity index (χ3v) is 3.26. The van der Waals surface area contributed by atoms with E-state index in [9.17, 15) is 0 Å². The van der Waals surface area contributed by atoms with E-state index in [0.717, 1.165) is 6.42 Å². The van der Waals surface area contributed by atoms with Crippen LogP contribution in [-0.4, -0.2) is 6.04 Å². The molecule has 1 aromatic rings. The maximum Gasteiger partial charge on any atom is 0.0460 e. The molecule has 0 saturated carbocycles. The van der Waals surface area contributed by atoms with Gasteiger partial charge in [-0.1, -0.05) is 42.0 Å². The maximum absolute atomic E-state index is 5.66. The van der Waals surface area contributed by atoms with Crippen LogP contribution in [0.15, 0.2) is 42.0 Å². The van der Waals surface area contributed by atoms with Crippen molar-refractivity contribution in [2.75, 3.05) is 0 Å². The Balaban J connectivity index is 2.03. The van der Waals surface area contributed by atoms with E-state index in [0.29, 0.717) is 6.04 Å². The molecule has 0 bridgehead atoms. The second-order valence-electron chi connectivity index (χ2n) is 4.43. The zero-order chi connectivity index (χ0) is 11.2. The number of benzene rings is 1. The van der Waals surface area contributed by atoms with Crippen LogP contribution in [0.3, 0.4) is 0 Å². The fraction of sp³-hybridized carbons (Fsp3) is 0.429.